The predicted octanol–water partition coefficient (Wildman–Crippen LogP) is 4.99. The molecule has 0 radical (unpaired) electrons. The summed E-state index contributed by atoms with van der Waals surface area (Å²) in [6.07, 6.45) is 16.8. The molecule has 0 aromatic heterocycles. The van der Waals surface area contributed by atoms with Gasteiger partial charge in [0, 0.05) is 5.41 Å². The minimum Gasteiger partial charge on any atom is -0.395 e. The maximum atomic E-state index is 11.3. The van der Waals surface area contributed by atoms with Gasteiger partial charge in [0.2, 0.25) is 0 Å². The van der Waals surface area contributed by atoms with E-state index in [1.807, 2.05) is 0 Å². The molecule has 2 heteroatoms. The van der Waals surface area contributed by atoms with Crippen LogP contribution in [-0.2, 0) is 4.79 Å². The summed E-state index contributed by atoms with van der Waals surface area (Å²) in [6, 6.07) is 0. The molecule has 0 aromatic rings. The van der Waals surface area contributed by atoms with Crippen LogP contribution in [0.4, 0.5) is 0 Å². The van der Waals surface area contributed by atoms with Crippen molar-refractivity contribution in [1.82, 2.24) is 0 Å². The van der Waals surface area contributed by atoms with Crippen molar-refractivity contribution in [1.29, 1.82) is 0 Å². The third-order valence-electron chi connectivity index (χ3n) is 7.72. The number of carbonyl (C=O) groups is 1. The van der Waals surface area contributed by atoms with Crippen LogP contribution in [0.25, 0.3) is 0 Å². The lowest BCUT2D eigenvalue weighted by Gasteiger charge is -2.46. The van der Waals surface area contributed by atoms with Crippen LogP contribution in [0.15, 0.2) is 0 Å². The van der Waals surface area contributed by atoms with E-state index in [0.29, 0.717) is 0 Å². The van der Waals surface area contributed by atoms with Crippen LogP contribution in [0.5, 0.6) is 0 Å². The summed E-state index contributed by atoms with van der Waals surface area (Å²) in [7, 11) is 0. The fraction of sp³-hybridized carbons (Fsp3) is 0.952. The summed E-state index contributed by atoms with van der Waals surface area (Å²) in [5.74, 6) is 4.76. The van der Waals surface area contributed by atoms with Gasteiger partial charge in [0.15, 0.2) is 0 Å². The predicted molar refractivity (Wildman–Crippen MR) is 94.1 cm³/mol. The monoisotopic (exact) mass is 320 g/mol. The summed E-state index contributed by atoms with van der Waals surface area (Å²) in [4.78, 5) is 11.3. The van der Waals surface area contributed by atoms with E-state index in [2.05, 4.69) is 6.92 Å². The van der Waals surface area contributed by atoms with Gasteiger partial charge in [-0.3, -0.25) is 0 Å². The number of hydrogen-bond donors (Lipinski definition) is 1. The minimum absolute atomic E-state index is 0.0530. The average molecular weight is 321 g/mol. The Kier molecular flexibility index (Phi) is 5.82. The lowest BCUT2D eigenvalue weighted by Crippen LogP contribution is -2.38. The van der Waals surface area contributed by atoms with E-state index in [0.717, 1.165) is 48.7 Å². The van der Waals surface area contributed by atoms with Crippen LogP contribution in [0.2, 0.25) is 0 Å². The van der Waals surface area contributed by atoms with Gasteiger partial charge in [-0.15, -0.1) is 0 Å². The van der Waals surface area contributed by atoms with Crippen LogP contribution in [0.3, 0.4) is 0 Å². The molecule has 1 N–H and O–H groups in total. The van der Waals surface area contributed by atoms with Gasteiger partial charge in [-0.25, -0.2) is 0 Å². The van der Waals surface area contributed by atoms with Gasteiger partial charge in [0.05, 0.1) is 6.61 Å². The Morgan fingerprint density at radius 1 is 0.913 bits per heavy atom. The van der Waals surface area contributed by atoms with Crippen molar-refractivity contribution in [3.63, 3.8) is 0 Å². The van der Waals surface area contributed by atoms with E-state index in [9.17, 15) is 9.90 Å². The maximum absolute atomic E-state index is 11.3. The lowest BCUT2D eigenvalue weighted by molar-refractivity contribution is -0.121. The normalized spacial score (nSPS) is 44.5. The van der Waals surface area contributed by atoms with Crippen LogP contribution in [-0.4, -0.2) is 18.0 Å². The molecule has 0 heterocycles. The lowest BCUT2D eigenvalue weighted by atomic mass is 9.59. The Bertz CT molecular complexity index is 383. The van der Waals surface area contributed by atoms with Gasteiger partial charge in [-0.2, -0.15) is 0 Å². The second-order valence-electron chi connectivity index (χ2n) is 9.04. The zero-order valence-electron chi connectivity index (χ0n) is 15.0. The third kappa shape index (κ3) is 3.83. The molecule has 23 heavy (non-hydrogen) atoms. The highest BCUT2D eigenvalue weighted by Crippen LogP contribution is 2.50. The smallest absolute Gasteiger partial charge is 0.128 e. The minimum atomic E-state index is -0.397. The van der Waals surface area contributed by atoms with Crippen molar-refractivity contribution < 1.29 is 9.90 Å². The fourth-order valence-corrected chi connectivity index (χ4v) is 6.12. The molecule has 3 saturated carbocycles. The Hall–Kier alpha value is -0.370. The van der Waals surface area contributed by atoms with E-state index in [-0.39, 0.29) is 6.61 Å². The van der Waals surface area contributed by atoms with E-state index in [4.69, 9.17) is 0 Å². The molecule has 0 bridgehead atoms. The largest absolute Gasteiger partial charge is 0.395 e. The Morgan fingerprint density at radius 3 is 2.13 bits per heavy atom. The Morgan fingerprint density at radius 2 is 1.52 bits per heavy atom. The summed E-state index contributed by atoms with van der Waals surface area (Å²) < 4.78 is 0. The van der Waals surface area contributed by atoms with E-state index in [1.54, 1.807) is 0 Å². The van der Waals surface area contributed by atoms with E-state index >= 15 is 0 Å². The first-order chi connectivity index (χ1) is 11.2. The highest BCUT2D eigenvalue weighted by atomic mass is 16.3. The van der Waals surface area contributed by atoms with Gasteiger partial charge in [0.25, 0.3) is 0 Å². The number of carbonyl (C=O) groups excluding carboxylic acids is 1. The number of rotatable bonds is 5. The van der Waals surface area contributed by atoms with Crippen LogP contribution >= 0.6 is 0 Å². The second kappa shape index (κ2) is 7.68. The van der Waals surface area contributed by atoms with Crippen molar-refractivity contribution in [3.8, 4) is 0 Å². The molecule has 4 unspecified atom stereocenters. The Balaban J connectivity index is 1.50. The third-order valence-corrected chi connectivity index (χ3v) is 7.72. The van der Waals surface area contributed by atoms with Gasteiger partial charge in [-0.05, 0) is 87.4 Å². The highest BCUT2D eigenvalue weighted by molar-refractivity contribution is 5.59. The van der Waals surface area contributed by atoms with Gasteiger partial charge >= 0.3 is 0 Å². The topological polar surface area (TPSA) is 37.3 Å². The first kappa shape index (κ1) is 17.5. The molecule has 3 aliphatic rings. The number of aliphatic hydroxyl groups excluding tert-OH is 1. The molecule has 3 fully saturated rings. The second-order valence-corrected chi connectivity index (χ2v) is 9.04. The van der Waals surface area contributed by atoms with Gasteiger partial charge in [0.1, 0.15) is 6.29 Å². The molecule has 0 aromatic carbocycles. The maximum Gasteiger partial charge on any atom is 0.128 e. The molecular formula is C21H36O2. The number of hydrogen-bond acceptors (Lipinski definition) is 2. The molecular weight excluding hydrogens is 284 g/mol. The highest BCUT2D eigenvalue weighted by Gasteiger charge is 2.41. The SMILES string of the molecule is CCCC1CCC2CC(C3CCC(C=O)(CO)CC3)CCC2C1. The quantitative estimate of drug-likeness (QED) is 0.725. The molecule has 132 valence electrons. The molecule has 0 saturated heterocycles. The first-order valence-electron chi connectivity index (χ1n) is 10.3. The van der Waals surface area contributed by atoms with Crippen molar-refractivity contribution >= 4 is 6.29 Å². The summed E-state index contributed by atoms with van der Waals surface area (Å²) in [5.41, 5.74) is -0.397. The number of fused-ring (bicyclic) bond motifs is 1. The van der Waals surface area contributed by atoms with Gasteiger partial charge < -0.3 is 9.90 Å². The van der Waals surface area contributed by atoms with Crippen molar-refractivity contribution in [3.05, 3.63) is 0 Å². The molecule has 0 amide bonds. The standard InChI is InChI=1S/C21H36O2/c1-2-3-16-4-5-20-13-19(7-6-18(20)12-16)17-8-10-21(14-22,15-23)11-9-17/h14,16-20,23H,2-13,15H2,1H3. The van der Waals surface area contributed by atoms with Crippen molar-refractivity contribution in [2.75, 3.05) is 6.61 Å². The molecule has 0 spiro atoms. The summed E-state index contributed by atoms with van der Waals surface area (Å²) in [5, 5.41) is 9.53. The van der Waals surface area contributed by atoms with Crippen molar-refractivity contribution in [2.24, 2.45) is 35.0 Å². The van der Waals surface area contributed by atoms with Crippen LogP contribution < -0.4 is 0 Å². The molecule has 4 atom stereocenters. The number of aliphatic hydroxyl groups is 1. The zero-order valence-corrected chi connectivity index (χ0v) is 15.0. The van der Waals surface area contributed by atoms with Gasteiger partial charge in [-0.1, -0.05) is 26.2 Å². The average Bonchev–Trinajstić information content (AvgIpc) is 2.61. The molecule has 2 nitrogen and oxygen atoms in total. The molecule has 3 aliphatic carbocycles. The molecule has 0 aliphatic heterocycles. The fourth-order valence-electron chi connectivity index (χ4n) is 6.12. The summed E-state index contributed by atoms with van der Waals surface area (Å²) in [6.45, 7) is 2.38. The van der Waals surface area contributed by atoms with Crippen molar-refractivity contribution in [2.45, 2.75) is 84.0 Å². The van der Waals surface area contributed by atoms with Crippen LogP contribution in [0.1, 0.15) is 84.0 Å². The van der Waals surface area contributed by atoms with E-state index in [1.165, 1.54) is 64.2 Å². The number of aldehydes is 1. The molecule has 3 rings (SSSR count). The zero-order chi connectivity index (χ0) is 16.3. The Labute approximate surface area is 142 Å². The summed E-state index contributed by atoms with van der Waals surface area (Å²) >= 11 is 0. The first-order valence-corrected chi connectivity index (χ1v) is 10.3. The van der Waals surface area contributed by atoms with E-state index < -0.39 is 5.41 Å². The van der Waals surface area contributed by atoms with Crippen LogP contribution in [0, 0.1) is 35.0 Å².